The summed E-state index contributed by atoms with van der Waals surface area (Å²) in [6.45, 7) is 16.1. The van der Waals surface area contributed by atoms with Gasteiger partial charge in [-0.3, -0.25) is 4.79 Å². The zero-order chi connectivity index (χ0) is 20.3. The third-order valence-corrected chi connectivity index (χ3v) is 6.42. The topological polar surface area (TPSA) is 72.6 Å². The molecular weight excluding hydrogens is 422 g/mol. The molecule has 1 amide bonds. The van der Waals surface area contributed by atoms with Crippen molar-refractivity contribution < 1.29 is 9.53 Å². The molecule has 2 aliphatic rings. The third kappa shape index (κ3) is 2.60. The maximum Gasteiger partial charge on any atom is 0.284 e. The van der Waals surface area contributed by atoms with Crippen LogP contribution in [0, 0.1) is 17.4 Å². The van der Waals surface area contributed by atoms with Crippen molar-refractivity contribution in [2.75, 3.05) is 0 Å². The van der Waals surface area contributed by atoms with Gasteiger partial charge < -0.3 is 14.5 Å². The summed E-state index contributed by atoms with van der Waals surface area (Å²) in [5.41, 5.74) is 0.805. The lowest BCUT2D eigenvalue weighted by Gasteiger charge is -2.65. The molecule has 4 rings (SSSR count). The number of aromatic nitrogens is 3. The Balaban J connectivity index is 1.60. The molecule has 1 fully saturated rings. The van der Waals surface area contributed by atoms with Crippen molar-refractivity contribution in [1.82, 2.24) is 19.9 Å². The van der Waals surface area contributed by atoms with Crippen molar-refractivity contribution in [2.45, 2.75) is 46.4 Å². The quantitative estimate of drug-likeness (QED) is 0.672. The van der Waals surface area contributed by atoms with Crippen LogP contribution in [-0.2, 0) is 6.54 Å². The average molecular weight is 442 g/mol. The summed E-state index contributed by atoms with van der Waals surface area (Å²) in [4.78, 5) is 30.6. The van der Waals surface area contributed by atoms with Crippen LogP contribution in [0.25, 0.3) is 4.85 Å². The molecule has 8 heteroatoms. The van der Waals surface area contributed by atoms with Crippen molar-refractivity contribution in [3.8, 4) is 5.75 Å². The van der Waals surface area contributed by atoms with Crippen LogP contribution in [0.15, 0.2) is 29.3 Å². The minimum absolute atomic E-state index is 0.00869. The standard InChI is InChI=1S/C20H20BrN5O2/c1-19(2)17(26-9-14-12(16(26)27)8-23-10-25-14)20(3,4)18(19)28-11-6-13(21)15(22-5)24-7-11/h6-8,10,17-18H,9H2,1-4H3. The molecule has 1 aliphatic heterocycles. The molecule has 0 N–H and O–H groups in total. The summed E-state index contributed by atoms with van der Waals surface area (Å²) in [5, 5.41) is 0. The molecule has 3 heterocycles. The van der Waals surface area contributed by atoms with Gasteiger partial charge in [0.05, 0.1) is 17.8 Å². The fourth-order valence-electron chi connectivity index (χ4n) is 5.17. The Labute approximate surface area is 172 Å². The van der Waals surface area contributed by atoms with Gasteiger partial charge in [-0.2, -0.15) is 0 Å². The summed E-state index contributed by atoms with van der Waals surface area (Å²) in [6.07, 6.45) is 4.53. The number of hydrogen-bond acceptors (Lipinski definition) is 5. The lowest BCUT2D eigenvalue weighted by Crippen LogP contribution is -2.74. The first-order valence-corrected chi connectivity index (χ1v) is 9.76. The van der Waals surface area contributed by atoms with E-state index >= 15 is 0 Å². The number of carbonyl (C=O) groups is 1. The molecule has 1 saturated carbocycles. The van der Waals surface area contributed by atoms with Crippen LogP contribution in [0.1, 0.15) is 43.7 Å². The molecule has 0 bridgehead atoms. The van der Waals surface area contributed by atoms with Crippen LogP contribution in [0.4, 0.5) is 5.82 Å². The maximum absolute atomic E-state index is 12.9. The minimum atomic E-state index is -0.278. The predicted molar refractivity (Wildman–Crippen MR) is 106 cm³/mol. The van der Waals surface area contributed by atoms with E-state index in [9.17, 15) is 4.79 Å². The highest BCUT2D eigenvalue weighted by Gasteiger charge is 2.67. The van der Waals surface area contributed by atoms with E-state index in [0.29, 0.717) is 28.1 Å². The van der Waals surface area contributed by atoms with Gasteiger partial charge in [-0.15, -0.1) is 4.98 Å². The van der Waals surface area contributed by atoms with E-state index in [4.69, 9.17) is 11.3 Å². The number of amides is 1. The van der Waals surface area contributed by atoms with Crippen LogP contribution in [0.2, 0.25) is 0 Å². The Morgan fingerprint density at radius 1 is 1.25 bits per heavy atom. The van der Waals surface area contributed by atoms with E-state index in [0.717, 1.165) is 5.69 Å². The normalized spacial score (nSPS) is 24.3. The SMILES string of the molecule is [C-]#[N+]c1ncc(OC2C(C)(C)C(N3Cc4ncncc4C3=O)C2(C)C)cc1Br. The van der Waals surface area contributed by atoms with Gasteiger partial charge in [-0.25, -0.2) is 9.97 Å². The Kier molecular flexibility index (Phi) is 4.19. The van der Waals surface area contributed by atoms with E-state index in [-0.39, 0.29) is 28.9 Å². The van der Waals surface area contributed by atoms with Crippen LogP contribution in [0.5, 0.6) is 5.75 Å². The number of carbonyl (C=O) groups excluding carboxylic acids is 1. The molecule has 28 heavy (non-hydrogen) atoms. The smallest absolute Gasteiger partial charge is 0.284 e. The number of rotatable bonds is 3. The molecule has 0 unspecified atom stereocenters. The minimum Gasteiger partial charge on any atom is -0.485 e. The van der Waals surface area contributed by atoms with Gasteiger partial charge in [0.25, 0.3) is 11.7 Å². The third-order valence-electron chi connectivity index (χ3n) is 5.84. The molecule has 1 aliphatic carbocycles. The monoisotopic (exact) mass is 441 g/mol. The number of halogens is 1. The molecule has 0 aromatic carbocycles. The number of pyridine rings is 1. The van der Waals surface area contributed by atoms with Crippen molar-refractivity contribution in [1.29, 1.82) is 0 Å². The highest BCUT2D eigenvalue weighted by atomic mass is 79.9. The van der Waals surface area contributed by atoms with Crippen molar-refractivity contribution in [3.63, 3.8) is 0 Å². The van der Waals surface area contributed by atoms with Gasteiger partial charge in [0.15, 0.2) is 11.9 Å². The summed E-state index contributed by atoms with van der Waals surface area (Å²) in [6, 6.07) is 1.76. The molecule has 0 atom stereocenters. The first-order chi connectivity index (χ1) is 13.2. The van der Waals surface area contributed by atoms with Crippen LogP contribution in [0.3, 0.4) is 0 Å². The second-order valence-electron chi connectivity index (χ2n) is 8.45. The van der Waals surface area contributed by atoms with Crippen molar-refractivity contribution in [3.05, 3.63) is 51.9 Å². The lowest BCUT2D eigenvalue weighted by molar-refractivity contribution is -0.199. The summed E-state index contributed by atoms with van der Waals surface area (Å²) >= 11 is 3.36. The summed E-state index contributed by atoms with van der Waals surface area (Å²) < 4.78 is 6.91. The zero-order valence-corrected chi connectivity index (χ0v) is 17.7. The summed E-state index contributed by atoms with van der Waals surface area (Å²) in [5.74, 6) is 0.885. The Hall–Kier alpha value is -2.53. The van der Waals surface area contributed by atoms with Gasteiger partial charge >= 0.3 is 0 Å². The predicted octanol–water partition coefficient (Wildman–Crippen LogP) is 4.02. The van der Waals surface area contributed by atoms with Gasteiger partial charge in [-0.1, -0.05) is 50.2 Å². The lowest BCUT2D eigenvalue weighted by atomic mass is 9.49. The molecule has 0 saturated heterocycles. The van der Waals surface area contributed by atoms with Crippen LogP contribution < -0.4 is 4.74 Å². The van der Waals surface area contributed by atoms with E-state index in [1.807, 2.05) is 4.90 Å². The molecule has 2 aromatic rings. The molecule has 7 nitrogen and oxygen atoms in total. The van der Waals surface area contributed by atoms with Gasteiger partial charge in [0.2, 0.25) is 0 Å². The Morgan fingerprint density at radius 2 is 1.96 bits per heavy atom. The van der Waals surface area contributed by atoms with Crippen molar-refractivity contribution in [2.24, 2.45) is 10.8 Å². The number of hydrogen-bond donors (Lipinski definition) is 0. The Bertz CT molecular complexity index is 998. The molecular formula is C20H20BrN5O2. The zero-order valence-electron chi connectivity index (χ0n) is 16.1. The maximum atomic E-state index is 12.9. The van der Waals surface area contributed by atoms with E-state index in [1.54, 1.807) is 18.5 Å². The molecule has 2 aromatic heterocycles. The van der Waals surface area contributed by atoms with E-state index in [2.05, 4.69) is 63.4 Å². The highest BCUT2D eigenvalue weighted by Crippen LogP contribution is 2.59. The van der Waals surface area contributed by atoms with Gasteiger partial charge in [-0.05, 0) is 6.07 Å². The number of nitrogens with zero attached hydrogens (tertiary/aromatic N) is 5. The van der Waals surface area contributed by atoms with Crippen molar-refractivity contribution >= 4 is 27.7 Å². The second-order valence-corrected chi connectivity index (χ2v) is 9.30. The largest absolute Gasteiger partial charge is 0.485 e. The second kappa shape index (κ2) is 6.24. The Morgan fingerprint density at radius 3 is 2.57 bits per heavy atom. The van der Waals surface area contributed by atoms with Crippen LogP contribution in [-0.4, -0.2) is 37.9 Å². The first kappa shape index (κ1) is 18.8. The van der Waals surface area contributed by atoms with E-state index < -0.39 is 0 Å². The summed E-state index contributed by atoms with van der Waals surface area (Å²) in [7, 11) is 0. The van der Waals surface area contributed by atoms with Gasteiger partial charge in [0.1, 0.15) is 12.4 Å². The van der Waals surface area contributed by atoms with E-state index in [1.165, 1.54) is 6.33 Å². The highest BCUT2D eigenvalue weighted by molar-refractivity contribution is 9.10. The molecule has 0 radical (unpaired) electrons. The first-order valence-electron chi connectivity index (χ1n) is 8.97. The molecule has 0 spiro atoms. The van der Waals surface area contributed by atoms with Crippen LogP contribution >= 0.6 is 15.9 Å². The fourth-order valence-corrected chi connectivity index (χ4v) is 5.58. The number of fused-ring (bicyclic) bond motifs is 1. The molecule has 144 valence electrons. The van der Waals surface area contributed by atoms with Gasteiger partial charge in [0, 0.05) is 27.5 Å². The number of ether oxygens (including phenoxy) is 1. The average Bonchev–Trinajstić information content (AvgIpc) is 2.95. The fraction of sp³-hybridized carbons (Fsp3) is 0.450.